The van der Waals surface area contributed by atoms with Gasteiger partial charge in [-0.3, -0.25) is 4.79 Å². The van der Waals surface area contributed by atoms with E-state index < -0.39 is 0 Å². The minimum absolute atomic E-state index is 0.0626. The molecule has 1 aromatic carbocycles. The zero-order chi connectivity index (χ0) is 11.7. The number of nitrogens with one attached hydrogen (secondary N) is 1. The fraction of sp³-hybridized carbons (Fsp3) is 0.364. The first-order valence-electron chi connectivity index (χ1n) is 5.15. The summed E-state index contributed by atoms with van der Waals surface area (Å²) in [6, 6.07) is 3.90. The van der Waals surface area contributed by atoms with Crippen molar-refractivity contribution < 1.29 is 4.79 Å². The molecule has 0 aliphatic carbocycles. The van der Waals surface area contributed by atoms with Gasteiger partial charge in [0.05, 0.1) is 12.2 Å². The van der Waals surface area contributed by atoms with Crippen molar-refractivity contribution in [3.8, 4) is 0 Å². The van der Waals surface area contributed by atoms with Crippen LogP contribution in [0.25, 0.3) is 0 Å². The number of aryl methyl sites for hydroxylation is 1. The lowest BCUT2D eigenvalue weighted by atomic mass is 10.1. The zero-order valence-electron chi connectivity index (χ0n) is 9.09. The lowest BCUT2D eigenvalue weighted by Crippen LogP contribution is -2.47. The van der Waals surface area contributed by atoms with Crippen LogP contribution < -0.4 is 16.0 Å². The fourth-order valence-electron chi connectivity index (χ4n) is 1.77. The van der Waals surface area contributed by atoms with E-state index in [0.29, 0.717) is 13.1 Å². The lowest BCUT2D eigenvalue weighted by molar-refractivity contribution is -0.120. The molecule has 4 nitrogen and oxygen atoms in total. The van der Waals surface area contributed by atoms with Crippen LogP contribution in [0.4, 0.5) is 11.4 Å². The van der Waals surface area contributed by atoms with Crippen molar-refractivity contribution in [3.05, 3.63) is 22.2 Å². The Kier molecular flexibility index (Phi) is 3.05. The predicted molar refractivity (Wildman–Crippen MR) is 68.5 cm³/mol. The van der Waals surface area contributed by atoms with Gasteiger partial charge in [-0.25, -0.2) is 0 Å². The van der Waals surface area contributed by atoms with Gasteiger partial charge in [0.15, 0.2) is 0 Å². The maximum absolute atomic E-state index is 11.3. The fourth-order valence-corrected chi connectivity index (χ4v) is 2.38. The summed E-state index contributed by atoms with van der Waals surface area (Å²) in [4.78, 5) is 13.4. The Morgan fingerprint density at radius 1 is 1.50 bits per heavy atom. The Bertz CT molecular complexity index is 433. The molecule has 1 saturated heterocycles. The van der Waals surface area contributed by atoms with E-state index in [1.165, 1.54) is 0 Å². The van der Waals surface area contributed by atoms with E-state index in [4.69, 9.17) is 5.73 Å². The molecule has 0 radical (unpaired) electrons. The van der Waals surface area contributed by atoms with Crippen LogP contribution in [0.2, 0.25) is 0 Å². The molecule has 1 heterocycles. The van der Waals surface area contributed by atoms with E-state index in [-0.39, 0.29) is 5.91 Å². The number of nitrogens with two attached hydrogens (primary N) is 1. The normalized spacial score (nSPS) is 16.1. The van der Waals surface area contributed by atoms with Crippen molar-refractivity contribution in [1.82, 2.24) is 5.32 Å². The van der Waals surface area contributed by atoms with Crippen LogP contribution in [-0.2, 0) is 4.79 Å². The standard InChI is InChI=1S/C11H14BrN3O/c1-7-4-10(8(12)5-9(7)13)15-3-2-14-11(16)6-15/h4-5H,2-3,6,13H2,1H3,(H,14,16). The monoisotopic (exact) mass is 283 g/mol. The van der Waals surface area contributed by atoms with Crippen molar-refractivity contribution in [3.63, 3.8) is 0 Å². The number of hydrogen-bond acceptors (Lipinski definition) is 3. The summed E-state index contributed by atoms with van der Waals surface area (Å²) in [5.74, 6) is 0.0626. The lowest BCUT2D eigenvalue weighted by Gasteiger charge is -2.29. The van der Waals surface area contributed by atoms with Crippen LogP contribution in [0, 0.1) is 6.92 Å². The van der Waals surface area contributed by atoms with Crippen molar-refractivity contribution in [2.24, 2.45) is 0 Å². The molecule has 1 fully saturated rings. The van der Waals surface area contributed by atoms with Crippen LogP contribution in [-0.4, -0.2) is 25.5 Å². The molecule has 1 aliphatic heterocycles. The Hall–Kier alpha value is -1.23. The van der Waals surface area contributed by atoms with E-state index in [1.54, 1.807) is 0 Å². The van der Waals surface area contributed by atoms with Crippen LogP contribution in [0.15, 0.2) is 16.6 Å². The SMILES string of the molecule is Cc1cc(N2CCNC(=O)C2)c(Br)cc1N. The number of benzene rings is 1. The second-order valence-electron chi connectivity index (χ2n) is 3.93. The van der Waals surface area contributed by atoms with E-state index in [1.807, 2.05) is 19.1 Å². The zero-order valence-corrected chi connectivity index (χ0v) is 10.7. The predicted octanol–water partition coefficient (Wildman–Crippen LogP) is 1.28. The molecule has 0 atom stereocenters. The Morgan fingerprint density at radius 2 is 2.25 bits per heavy atom. The maximum atomic E-state index is 11.3. The quantitative estimate of drug-likeness (QED) is 0.764. The van der Waals surface area contributed by atoms with Crippen molar-refractivity contribution in [2.45, 2.75) is 6.92 Å². The molecule has 2 rings (SSSR count). The second-order valence-corrected chi connectivity index (χ2v) is 4.79. The molecule has 86 valence electrons. The van der Waals surface area contributed by atoms with Crippen molar-refractivity contribution >= 4 is 33.2 Å². The van der Waals surface area contributed by atoms with E-state index in [2.05, 4.69) is 26.1 Å². The molecule has 16 heavy (non-hydrogen) atoms. The summed E-state index contributed by atoms with van der Waals surface area (Å²) < 4.78 is 0.935. The Balaban J connectivity index is 2.32. The van der Waals surface area contributed by atoms with Crippen LogP contribution in [0.5, 0.6) is 0 Å². The number of piperazine rings is 1. The molecule has 0 aromatic heterocycles. The minimum Gasteiger partial charge on any atom is -0.398 e. The van der Waals surface area contributed by atoms with Gasteiger partial charge in [-0.2, -0.15) is 0 Å². The third-order valence-corrected chi connectivity index (χ3v) is 3.35. The number of nitrogens with zero attached hydrogens (tertiary/aromatic N) is 1. The van der Waals surface area contributed by atoms with E-state index in [9.17, 15) is 4.79 Å². The molecule has 1 aliphatic rings. The molecule has 1 aromatic rings. The highest BCUT2D eigenvalue weighted by Crippen LogP contribution is 2.30. The molecule has 1 amide bonds. The first-order valence-corrected chi connectivity index (χ1v) is 5.94. The number of halogens is 1. The van der Waals surface area contributed by atoms with Gasteiger partial charge in [-0.1, -0.05) is 0 Å². The molecular weight excluding hydrogens is 270 g/mol. The number of carbonyl (C=O) groups excluding carboxylic acids is 1. The van der Waals surface area contributed by atoms with E-state index in [0.717, 1.165) is 28.0 Å². The summed E-state index contributed by atoms with van der Waals surface area (Å²) in [5.41, 5.74) is 8.64. The summed E-state index contributed by atoms with van der Waals surface area (Å²) in [6.07, 6.45) is 0. The van der Waals surface area contributed by atoms with Gasteiger partial charge in [-0.05, 0) is 40.5 Å². The molecule has 0 saturated carbocycles. The first-order chi connectivity index (χ1) is 7.58. The molecule has 0 unspecified atom stereocenters. The summed E-state index contributed by atoms with van der Waals surface area (Å²) in [5, 5.41) is 2.81. The average molecular weight is 284 g/mol. The van der Waals surface area contributed by atoms with E-state index >= 15 is 0 Å². The smallest absolute Gasteiger partial charge is 0.239 e. The molecule has 0 bridgehead atoms. The third-order valence-electron chi connectivity index (χ3n) is 2.71. The highest BCUT2D eigenvalue weighted by Gasteiger charge is 2.18. The molecule has 0 spiro atoms. The molecule has 5 heteroatoms. The van der Waals surface area contributed by atoms with Gasteiger partial charge < -0.3 is 16.0 Å². The topological polar surface area (TPSA) is 58.4 Å². The number of rotatable bonds is 1. The minimum atomic E-state index is 0.0626. The maximum Gasteiger partial charge on any atom is 0.239 e. The van der Waals surface area contributed by atoms with Crippen molar-refractivity contribution in [1.29, 1.82) is 0 Å². The number of carbonyl (C=O) groups is 1. The number of anilines is 2. The largest absolute Gasteiger partial charge is 0.398 e. The van der Waals surface area contributed by atoms with Crippen LogP contribution >= 0.6 is 15.9 Å². The second kappa shape index (κ2) is 4.33. The highest BCUT2D eigenvalue weighted by atomic mass is 79.9. The number of amides is 1. The Labute approximate surface area is 103 Å². The molecule has 3 N–H and O–H groups in total. The summed E-state index contributed by atoms with van der Waals surface area (Å²) in [7, 11) is 0. The van der Waals surface area contributed by atoms with Crippen LogP contribution in [0.3, 0.4) is 0 Å². The van der Waals surface area contributed by atoms with Gasteiger partial charge in [0.25, 0.3) is 0 Å². The van der Waals surface area contributed by atoms with Gasteiger partial charge in [-0.15, -0.1) is 0 Å². The Morgan fingerprint density at radius 3 is 2.94 bits per heavy atom. The first kappa shape index (κ1) is 11.3. The van der Waals surface area contributed by atoms with Gasteiger partial charge in [0.2, 0.25) is 5.91 Å². The van der Waals surface area contributed by atoms with Crippen molar-refractivity contribution in [2.75, 3.05) is 30.3 Å². The highest BCUT2D eigenvalue weighted by molar-refractivity contribution is 9.10. The third kappa shape index (κ3) is 2.14. The van der Waals surface area contributed by atoms with Gasteiger partial charge >= 0.3 is 0 Å². The summed E-state index contributed by atoms with van der Waals surface area (Å²) >= 11 is 3.48. The summed E-state index contributed by atoms with van der Waals surface area (Å²) in [6.45, 7) is 3.89. The van der Waals surface area contributed by atoms with Gasteiger partial charge in [0, 0.05) is 23.2 Å². The number of nitrogen functional groups attached to an aromatic ring is 1. The number of hydrogen-bond donors (Lipinski definition) is 2. The average Bonchev–Trinajstić information content (AvgIpc) is 2.23. The molecular formula is C11H14BrN3O. The van der Waals surface area contributed by atoms with Gasteiger partial charge in [0.1, 0.15) is 0 Å². The van der Waals surface area contributed by atoms with Crippen LogP contribution in [0.1, 0.15) is 5.56 Å².